The van der Waals surface area contributed by atoms with E-state index in [9.17, 15) is 4.79 Å². The largest absolute Gasteiger partial charge is 0.370 e. The number of carbonyl (C=O) groups is 1. The van der Waals surface area contributed by atoms with Crippen LogP contribution in [0.5, 0.6) is 0 Å². The average molecular weight is 170 g/mol. The van der Waals surface area contributed by atoms with Gasteiger partial charge in [-0.25, -0.2) is 0 Å². The SMILES string of the molecule is CCC(C)(C)C(=O)[C@H]1CCCO1. The van der Waals surface area contributed by atoms with Crippen molar-refractivity contribution in [2.75, 3.05) is 6.61 Å². The Morgan fingerprint density at radius 1 is 1.58 bits per heavy atom. The second-order valence-corrected chi connectivity index (χ2v) is 4.10. The van der Waals surface area contributed by atoms with Crippen molar-refractivity contribution in [3.8, 4) is 0 Å². The van der Waals surface area contributed by atoms with Crippen LogP contribution in [0.4, 0.5) is 0 Å². The molecule has 0 aromatic heterocycles. The standard InChI is InChI=1S/C10H18O2/c1-4-10(2,3)9(11)8-6-5-7-12-8/h8H,4-7H2,1-3H3/t8-/m1/s1. The first kappa shape index (κ1) is 9.72. The third-order valence-electron chi connectivity index (χ3n) is 2.77. The van der Waals surface area contributed by atoms with Crippen molar-refractivity contribution in [3.63, 3.8) is 0 Å². The molecule has 1 heterocycles. The Labute approximate surface area is 74.3 Å². The van der Waals surface area contributed by atoms with E-state index in [2.05, 4.69) is 0 Å². The number of ketones is 1. The minimum atomic E-state index is -0.199. The highest BCUT2D eigenvalue weighted by molar-refractivity contribution is 5.88. The highest BCUT2D eigenvalue weighted by Gasteiger charge is 2.34. The molecule has 2 nitrogen and oxygen atoms in total. The van der Waals surface area contributed by atoms with Gasteiger partial charge in [-0.15, -0.1) is 0 Å². The minimum Gasteiger partial charge on any atom is -0.370 e. The molecule has 0 aromatic carbocycles. The van der Waals surface area contributed by atoms with Crippen molar-refractivity contribution in [2.24, 2.45) is 5.41 Å². The third kappa shape index (κ3) is 1.86. The van der Waals surface area contributed by atoms with Crippen LogP contribution < -0.4 is 0 Å². The van der Waals surface area contributed by atoms with Crippen molar-refractivity contribution in [1.29, 1.82) is 0 Å². The summed E-state index contributed by atoms with van der Waals surface area (Å²) >= 11 is 0. The van der Waals surface area contributed by atoms with E-state index in [1.807, 2.05) is 20.8 Å². The fraction of sp³-hybridized carbons (Fsp3) is 0.900. The van der Waals surface area contributed by atoms with Crippen LogP contribution in [0.25, 0.3) is 0 Å². The predicted octanol–water partition coefficient (Wildman–Crippen LogP) is 2.17. The summed E-state index contributed by atoms with van der Waals surface area (Å²) in [6, 6.07) is 0. The maximum absolute atomic E-state index is 11.8. The van der Waals surface area contributed by atoms with Crippen LogP contribution in [0.2, 0.25) is 0 Å². The zero-order valence-electron chi connectivity index (χ0n) is 8.22. The van der Waals surface area contributed by atoms with Gasteiger partial charge in [0.1, 0.15) is 6.10 Å². The van der Waals surface area contributed by atoms with E-state index in [-0.39, 0.29) is 17.3 Å². The van der Waals surface area contributed by atoms with E-state index in [1.54, 1.807) is 0 Å². The van der Waals surface area contributed by atoms with Gasteiger partial charge in [-0.1, -0.05) is 20.8 Å². The lowest BCUT2D eigenvalue weighted by molar-refractivity contribution is -0.136. The van der Waals surface area contributed by atoms with Gasteiger partial charge in [0.25, 0.3) is 0 Å². The van der Waals surface area contributed by atoms with Crippen LogP contribution in [-0.4, -0.2) is 18.5 Å². The first-order valence-corrected chi connectivity index (χ1v) is 4.74. The van der Waals surface area contributed by atoms with Crippen LogP contribution in [-0.2, 0) is 9.53 Å². The summed E-state index contributed by atoms with van der Waals surface area (Å²) in [5, 5.41) is 0. The number of rotatable bonds is 3. The van der Waals surface area contributed by atoms with Gasteiger partial charge in [-0.2, -0.15) is 0 Å². The van der Waals surface area contributed by atoms with E-state index < -0.39 is 0 Å². The molecule has 0 radical (unpaired) electrons. The summed E-state index contributed by atoms with van der Waals surface area (Å²) in [6.07, 6.45) is 2.74. The highest BCUT2D eigenvalue weighted by Crippen LogP contribution is 2.27. The lowest BCUT2D eigenvalue weighted by atomic mass is 9.82. The van der Waals surface area contributed by atoms with E-state index in [0.29, 0.717) is 0 Å². The Morgan fingerprint density at radius 3 is 2.67 bits per heavy atom. The van der Waals surface area contributed by atoms with Crippen LogP contribution in [0.1, 0.15) is 40.0 Å². The molecule has 1 fully saturated rings. The summed E-state index contributed by atoms with van der Waals surface area (Å²) in [4.78, 5) is 11.8. The smallest absolute Gasteiger partial charge is 0.167 e. The average Bonchev–Trinajstić information content (AvgIpc) is 2.55. The minimum absolute atomic E-state index is 0.111. The molecule has 70 valence electrons. The van der Waals surface area contributed by atoms with Gasteiger partial charge in [0.2, 0.25) is 0 Å². The Balaban J connectivity index is 2.56. The van der Waals surface area contributed by atoms with Gasteiger partial charge in [-0.3, -0.25) is 4.79 Å². The molecule has 0 bridgehead atoms. The normalized spacial score (nSPS) is 24.4. The molecule has 2 heteroatoms. The first-order valence-electron chi connectivity index (χ1n) is 4.74. The van der Waals surface area contributed by atoms with Gasteiger partial charge in [-0.05, 0) is 19.3 Å². The van der Waals surface area contributed by atoms with Gasteiger partial charge < -0.3 is 4.74 Å². The molecule has 0 aliphatic carbocycles. The third-order valence-corrected chi connectivity index (χ3v) is 2.77. The molecule has 0 aromatic rings. The second-order valence-electron chi connectivity index (χ2n) is 4.10. The molecule has 1 saturated heterocycles. The monoisotopic (exact) mass is 170 g/mol. The molecule has 1 rings (SSSR count). The number of ether oxygens (including phenoxy) is 1. The van der Waals surface area contributed by atoms with Crippen molar-refractivity contribution in [2.45, 2.75) is 46.1 Å². The molecule has 0 amide bonds. The molecule has 1 aliphatic rings. The molecule has 0 spiro atoms. The molecule has 1 aliphatic heterocycles. The topological polar surface area (TPSA) is 26.3 Å². The molecule has 0 unspecified atom stereocenters. The van der Waals surface area contributed by atoms with Crippen LogP contribution in [0.15, 0.2) is 0 Å². The molecular weight excluding hydrogens is 152 g/mol. The fourth-order valence-electron chi connectivity index (χ4n) is 1.39. The van der Waals surface area contributed by atoms with Gasteiger partial charge >= 0.3 is 0 Å². The quantitative estimate of drug-likeness (QED) is 0.649. The van der Waals surface area contributed by atoms with E-state index >= 15 is 0 Å². The molecule has 0 saturated carbocycles. The summed E-state index contributed by atoms with van der Waals surface area (Å²) in [5.74, 6) is 0.280. The van der Waals surface area contributed by atoms with Crippen LogP contribution in [0.3, 0.4) is 0 Å². The van der Waals surface area contributed by atoms with Gasteiger partial charge in [0.05, 0.1) is 0 Å². The lowest BCUT2D eigenvalue weighted by Gasteiger charge is -2.23. The fourth-order valence-corrected chi connectivity index (χ4v) is 1.39. The summed E-state index contributed by atoms with van der Waals surface area (Å²) < 4.78 is 5.35. The number of Topliss-reactive ketones (excluding diaryl/α,β-unsaturated/α-hetero) is 1. The molecular formula is C10H18O2. The number of hydrogen-bond acceptors (Lipinski definition) is 2. The Kier molecular flexibility index (Phi) is 2.89. The highest BCUT2D eigenvalue weighted by atomic mass is 16.5. The zero-order chi connectivity index (χ0) is 9.19. The first-order chi connectivity index (χ1) is 5.58. The Bertz CT molecular complexity index is 167. The van der Waals surface area contributed by atoms with Crippen molar-refractivity contribution in [3.05, 3.63) is 0 Å². The van der Waals surface area contributed by atoms with Gasteiger partial charge in [0, 0.05) is 12.0 Å². The number of hydrogen-bond donors (Lipinski definition) is 0. The zero-order valence-corrected chi connectivity index (χ0v) is 8.22. The summed E-state index contributed by atoms with van der Waals surface area (Å²) in [5.41, 5.74) is -0.199. The maximum atomic E-state index is 11.8. The van der Waals surface area contributed by atoms with Gasteiger partial charge in [0.15, 0.2) is 5.78 Å². The van der Waals surface area contributed by atoms with Crippen LogP contribution >= 0.6 is 0 Å². The molecule has 0 N–H and O–H groups in total. The van der Waals surface area contributed by atoms with Crippen molar-refractivity contribution >= 4 is 5.78 Å². The Hall–Kier alpha value is -0.370. The van der Waals surface area contributed by atoms with E-state index in [1.165, 1.54) is 0 Å². The van der Waals surface area contributed by atoms with Crippen LogP contribution in [0, 0.1) is 5.41 Å². The molecule has 12 heavy (non-hydrogen) atoms. The lowest BCUT2D eigenvalue weighted by Crippen LogP contribution is -2.33. The Morgan fingerprint density at radius 2 is 2.25 bits per heavy atom. The molecule has 1 atom stereocenters. The van der Waals surface area contributed by atoms with E-state index in [0.717, 1.165) is 25.9 Å². The van der Waals surface area contributed by atoms with E-state index in [4.69, 9.17) is 4.74 Å². The van der Waals surface area contributed by atoms with Crippen molar-refractivity contribution < 1.29 is 9.53 Å². The second kappa shape index (κ2) is 3.56. The predicted molar refractivity (Wildman–Crippen MR) is 48.1 cm³/mol. The summed E-state index contributed by atoms with van der Waals surface area (Å²) in [7, 11) is 0. The summed E-state index contributed by atoms with van der Waals surface area (Å²) in [6.45, 7) is 6.80. The van der Waals surface area contributed by atoms with Crippen molar-refractivity contribution in [1.82, 2.24) is 0 Å². The number of carbonyl (C=O) groups excluding carboxylic acids is 1. The maximum Gasteiger partial charge on any atom is 0.167 e.